The Morgan fingerprint density at radius 2 is 1.89 bits per heavy atom. The zero-order valence-corrected chi connectivity index (χ0v) is 16.4. The average Bonchev–Trinajstić information content (AvgIpc) is 3.10. The van der Waals surface area contributed by atoms with Gasteiger partial charge in [-0.2, -0.15) is 4.52 Å². The van der Waals surface area contributed by atoms with E-state index in [1.54, 1.807) is 42.0 Å². The molecule has 2 N–H and O–H groups in total. The Bertz CT molecular complexity index is 1040. The zero-order valence-electron chi connectivity index (χ0n) is 15.6. The summed E-state index contributed by atoms with van der Waals surface area (Å²) in [5.74, 6) is 1.49. The van der Waals surface area contributed by atoms with Gasteiger partial charge in [0.2, 0.25) is 10.0 Å². The summed E-state index contributed by atoms with van der Waals surface area (Å²) in [6, 6.07) is 10.0. The Kier molecular flexibility index (Phi) is 6.39. The molecule has 0 spiro atoms. The number of anilines is 1. The van der Waals surface area contributed by atoms with Crippen LogP contribution in [-0.4, -0.2) is 62.1 Å². The highest BCUT2D eigenvalue weighted by Gasteiger charge is 2.19. The van der Waals surface area contributed by atoms with Gasteiger partial charge in [-0.3, -0.25) is 0 Å². The normalized spacial score (nSPS) is 11.6. The second-order valence-corrected chi connectivity index (χ2v) is 7.56. The number of aromatic nitrogens is 4. The van der Waals surface area contributed by atoms with Crippen molar-refractivity contribution < 1.29 is 17.9 Å². The lowest BCUT2D eigenvalue weighted by Gasteiger charge is -2.10. The first-order valence-corrected chi connectivity index (χ1v) is 10.1. The highest BCUT2D eigenvalue weighted by Crippen LogP contribution is 2.22. The minimum Gasteiger partial charge on any atom is -0.495 e. The molecule has 28 heavy (non-hydrogen) atoms. The second kappa shape index (κ2) is 8.95. The van der Waals surface area contributed by atoms with E-state index < -0.39 is 10.0 Å². The van der Waals surface area contributed by atoms with E-state index in [0.29, 0.717) is 36.9 Å². The average molecular weight is 406 g/mol. The van der Waals surface area contributed by atoms with Gasteiger partial charge in [0.15, 0.2) is 11.5 Å². The molecule has 2 aromatic heterocycles. The highest BCUT2D eigenvalue weighted by atomic mass is 32.2. The van der Waals surface area contributed by atoms with Crippen molar-refractivity contribution in [3.8, 4) is 5.75 Å². The molecule has 0 aliphatic heterocycles. The van der Waals surface area contributed by atoms with Gasteiger partial charge in [-0.25, -0.2) is 13.1 Å². The molecule has 3 rings (SSSR count). The van der Waals surface area contributed by atoms with Crippen molar-refractivity contribution in [1.82, 2.24) is 24.5 Å². The Hall–Kier alpha value is -2.76. The Morgan fingerprint density at radius 3 is 2.68 bits per heavy atom. The van der Waals surface area contributed by atoms with E-state index in [2.05, 4.69) is 25.3 Å². The van der Waals surface area contributed by atoms with E-state index in [0.717, 1.165) is 0 Å². The molecule has 11 heteroatoms. The monoisotopic (exact) mass is 406 g/mol. The number of methoxy groups -OCH3 is 2. The third kappa shape index (κ3) is 4.55. The molecule has 2 heterocycles. The van der Waals surface area contributed by atoms with E-state index >= 15 is 0 Å². The molecule has 0 saturated heterocycles. The Labute approximate surface area is 162 Å². The van der Waals surface area contributed by atoms with Gasteiger partial charge in [-0.1, -0.05) is 12.1 Å². The third-order valence-electron chi connectivity index (χ3n) is 3.94. The summed E-state index contributed by atoms with van der Waals surface area (Å²) in [5, 5.41) is 15.7. The number of para-hydroxylation sites is 1. The van der Waals surface area contributed by atoms with Gasteiger partial charge in [0.1, 0.15) is 16.5 Å². The van der Waals surface area contributed by atoms with Gasteiger partial charge in [0, 0.05) is 26.6 Å². The maximum absolute atomic E-state index is 12.5. The van der Waals surface area contributed by atoms with Crippen LogP contribution in [0.2, 0.25) is 0 Å². The molecule has 0 fully saturated rings. The maximum atomic E-state index is 12.5. The summed E-state index contributed by atoms with van der Waals surface area (Å²) in [5.41, 5.74) is 0.583. The lowest BCUT2D eigenvalue weighted by Crippen LogP contribution is -2.27. The number of hydrogen-bond donors (Lipinski definition) is 2. The van der Waals surface area contributed by atoms with Gasteiger partial charge in [0.05, 0.1) is 13.7 Å². The van der Waals surface area contributed by atoms with Crippen LogP contribution >= 0.6 is 0 Å². The van der Waals surface area contributed by atoms with Gasteiger partial charge in [-0.05, 0) is 24.3 Å². The largest absolute Gasteiger partial charge is 0.495 e. The van der Waals surface area contributed by atoms with E-state index in [1.165, 1.54) is 13.2 Å². The van der Waals surface area contributed by atoms with Gasteiger partial charge < -0.3 is 14.8 Å². The van der Waals surface area contributed by atoms with Crippen LogP contribution in [0.25, 0.3) is 5.65 Å². The van der Waals surface area contributed by atoms with Crippen LogP contribution in [0.15, 0.2) is 41.3 Å². The molecule has 1 aromatic carbocycles. The van der Waals surface area contributed by atoms with Crippen molar-refractivity contribution in [1.29, 1.82) is 0 Å². The summed E-state index contributed by atoms with van der Waals surface area (Å²) in [6.07, 6.45) is 0.323. The van der Waals surface area contributed by atoms with Gasteiger partial charge in [0.25, 0.3) is 0 Å². The lowest BCUT2D eigenvalue weighted by atomic mass is 10.3. The predicted octanol–water partition coefficient (Wildman–Crippen LogP) is 0.712. The number of nitrogens with zero attached hydrogens (tertiary/aromatic N) is 4. The first-order chi connectivity index (χ1) is 13.5. The van der Waals surface area contributed by atoms with Crippen molar-refractivity contribution in [3.05, 3.63) is 42.2 Å². The molecule has 0 saturated carbocycles. The third-order valence-corrected chi connectivity index (χ3v) is 5.44. The van der Waals surface area contributed by atoms with Crippen LogP contribution in [0.1, 0.15) is 5.82 Å². The number of rotatable bonds is 10. The number of fused-ring (bicyclic) bond motifs is 1. The predicted molar refractivity (Wildman–Crippen MR) is 103 cm³/mol. The SMILES string of the molecule is COCCNc1ccc2nnc(CCNS(=O)(=O)c3ccccc3OC)n2n1. The van der Waals surface area contributed by atoms with E-state index in [9.17, 15) is 8.42 Å². The fourth-order valence-corrected chi connectivity index (χ4v) is 3.78. The van der Waals surface area contributed by atoms with Crippen LogP contribution in [0.4, 0.5) is 5.82 Å². The molecular formula is C17H22N6O4S. The van der Waals surface area contributed by atoms with Crippen LogP contribution in [-0.2, 0) is 21.2 Å². The molecule has 0 bridgehead atoms. The van der Waals surface area contributed by atoms with Crippen LogP contribution < -0.4 is 14.8 Å². The summed E-state index contributed by atoms with van der Waals surface area (Å²) in [7, 11) is -0.653. The number of benzene rings is 1. The minimum atomic E-state index is -3.71. The fraction of sp³-hybridized carbons (Fsp3) is 0.353. The van der Waals surface area contributed by atoms with Crippen molar-refractivity contribution >= 4 is 21.5 Å². The first kappa shape index (κ1) is 20.0. The Balaban J connectivity index is 1.68. The smallest absolute Gasteiger partial charge is 0.244 e. The van der Waals surface area contributed by atoms with Crippen molar-refractivity contribution in [3.63, 3.8) is 0 Å². The standard InChI is InChI=1S/C17H22N6O4S/c1-26-12-11-18-15-7-8-16-20-21-17(23(16)22-15)9-10-19-28(24,25)14-6-4-3-5-13(14)27-2/h3-8,19H,9-12H2,1-2H3,(H,18,22). The molecule has 0 aliphatic rings. The number of ether oxygens (including phenoxy) is 2. The fourth-order valence-electron chi connectivity index (χ4n) is 2.58. The zero-order chi connectivity index (χ0) is 20.0. The molecule has 150 valence electrons. The lowest BCUT2D eigenvalue weighted by molar-refractivity contribution is 0.210. The summed E-state index contributed by atoms with van der Waals surface area (Å²) in [6.45, 7) is 1.31. The molecule has 0 unspecified atom stereocenters. The molecule has 0 radical (unpaired) electrons. The van der Waals surface area contributed by atoms with Gasteiger partial charge >= 0.3 is 0 Å². The van der Waals surface area contributed by atoms with Crippen molar-refractivity contribution in [2.75, 3.05) is 39.2 Å². The maximum Gasteiger partial charge on any atom is 0.244 e. The molecule has 0 amide bonds. The van der Waals surface area contributed by atoms with Crippen LogP contribution in [0, 0.1) is 0 Å². The van der Waals surface area contributed by atoms with Crippen molar-refractivity contribution in [2.24, 2.45) is 0 Å². The molecule has 0 aliphatic carbocycles. The molecule has 0 atom stereocenters. The highest BCUT2D eigenvalue weighted by molar-refractivity contribution is 7.89. The molecule has 3 aromatic rings. The summed E-state index contributed by atoms with van der Waals surface area (Å²) >= 11 is 0. The van der Waals surface area contributed by atoms with E-state index in [1.807, 2.05) is 0 Å². The van der Waals surface area contributed by atoms with E-state index in [-0.39, 0.29) is 17.2 Å². The Morgan fingerprint density at radius 1 is 1.07 bits per heavy atom. The quantitative estimate of drug-likeness (QED) is 0.473. The molecular weight excluding hydrogens is 384 g/mol. The number of sulfonamides is 1. The summed E-state index contributed by atoms with van der Waals surface area (Å²) < 4.78 is 39.3. The van der Waals surface area contributed by atoms with E-state index in [4.69, 9.17) is 9.47 Å². The van der Waals surface area contributed by atoms with Crippen LogP contribution in [0.5, 0.6) is 5.75 Å². The second-order valence-electron chi connectivity index (χ2n) is 5.82. The number of nitrogens with one attached hydrogen (secondary N) is 2. The van der Waals surface area contributed by atoms with Gasteiger partial charge in [-0.15, -0.1) is 15.3 Å². The van der Waals surface area contributed by atoms with Crippen molar-refractivity contribution in [2.45, 2.75) is 11.3 Å². The summed E-state index contributed by atoms with van der Waals surface area (Å²) in [4.78, 5) is 0.0892. The first-order valence-electron chi connectivity index (χ1n) is 8.62. The topological polar surface area (TPSA) is 120 Å². The van der Waals surface area contributed by atoms with Crippen LogP contribution in [0.3, 0.4) is 0 Å². The molecule has 10 nitrogen and oxygen atoms in total. The minimum absolute atomic E-state index is 0.0892. The number of hydrogen-bond acceptors (Lipinski definition) is 8.